The Morgan fingerprint density at radius 1 is 1.16 bits per heavy atom. The summed E-state index contributed by atoms with van der Waals surface area (Å²) in [5, 5.41) is 2.64. The van der Waals surface area contributed by atoms with Crippen molar-refractivity contribution in [1.29, 1.82) is 0 Å². The Kier molecular flexibility index (Phi) is 4.48. The molecule has 0 aliphatic rings. The Hall–Kier alpha value is -2.83. The number of rotatable bonds is 4. The number of hydrogen-bond acceptors (Lipinski definition) is 2. The number of fused-ring (bicyclic) bond motifs is 1. The van der Waals surface area contributed by atoms with Crippen molar-refractivity contribution >= 4 is 22.6 Å². The molecule has 0 fully saturated rings. The fourth-order valence-electron chi connectivity index (χ4n) is 2.67. The SMILES string of the molecule is CCc1cccc(NC(=O)Cn2c(C(F)(F)F)nc3ccccc32)c1. The summed E-state index contributed by atoms with van der Waals surface area (Å²) in [6, 6.07) is 13.4. The fourth-order valence-corrected chi connectivity index (χ4v) is 2.67. The van der Waals surface area contributed by atoms with Crippen LogP contribution in [0.3, 0.4) is 0 Å². The molecule has 0 saturated carbocycles. The Bertz CT molecular complexity index is 915. The standard InChI is InChI=1S/C18H16F3N3O/c1-2-12-6-5-7-13(10-12)22-16(25)11-24-15-9-4-3-8-14(15)23-17(24)18(19,20)21/h3-10H,2,11H2,1H3,(H,22,25). The minimum absolute atomic E-state index is 0.204. The average Bonchev–Trinajstić information content (AvgIpc) is 2.94. The topological polar surface area (TPSA) is 46.9 Å². The quantitative estimate of drug-likeness (QED) is 0.767. The van der Waals surface area contributed by atoms with E-state index in [-0.39, 0.29) is 11.0 Å². The summed E-state index contributed by atoms with van der Waals surface area (Å²) >= 11 is 0. The van der Waals surface area contributed by atoms with Crippen molar-refractivity contribution in [3.05, 3.63) is 59.9 Å². The van der Waals surface area contributed by atoms with Crippen molar-refractivity contribution < 1.29 is 18.0 Å². The van der Waals surface area contributed by atoms with Gasteiger partial charge >= 0.3 is 6.18 Å². The molecule has 130 valence electrons. The highest BCUT2D eigenvalue weighted by molar-refractivity contribution is 5.91. The van der Waals surface area contributed by atoms with Crippen molar-refractivity contribution in [3.63, 3.8) is 0 Å². The van der Waals surface area contributed by atoms with Gasteiger partial charge in [0.25, 0.3) is 0 Å². The van der Waals surface area contributed by atoms with Gasteiger partial charge in [0.15, 0.2) is 0 Å². The number of aromatic nitrogens is 2. The molecule has 4 nitrogen and oxygen atoms in total. The highest BCUT2D eigenvalue weighted by Gasteiger charge is 2.37. The van der Waals surface area contributed by atoms with E-state index in [4.69, 9.17) is 0 Å². The van der Waals surface area contributed by atoms with Crippen LogP contribution in [0.5, 0.6) is 0 Å². The molecule has 2 aromatic carbocycles. The van der Waals surface area contributed by atoms with E-state index in [1.807, 2.05) is 13.0 Å². The Morgan fingerprint density at radius 3 is 2.64 bits per heavy atom. The molecule has 0 unspecified atom stereocenters. The minimum Gasteiger partial charge on any atom is -0.325 e. The van der Waals surface area contributed by atoms with Gasteiger partial charge in [-0.1, -0.05) is 31.2 Å². The Balaban J connectivity index is 1.90. The number of benzene rings is 2. The van der Waals surface area contributed by atoms with E-state index in [0.717, 1.165) is 16.6 Å². The molecule has 1 N–H and O–H groups in total. The monoisotopic (exact) mass is 347 g/mol. The molecule has 3 aromatic rings. The van der Waals surface area contributed by atoms with Gasteiger partial charge in [-0.2, -0.15) is 13.2 Å². The van der Waals surface area contributed by atoms with E-state index in [0.29, 0.717) is 5.69 Å². The van der Waals surface area contributed by atoms with Crippen LogP contribution in [-0.4, -0.2) is 15.5 Å². The van der Waals surface area contributed by atoms with Crippen LogP contribution in [0.1, 0.15) is 18.3 Å². The number of halogens is 3. The fraction of sp³-hybridized carbons (Fsp3) is 0.222. The number of hydrogen-bond donors (Lipinski definition) is 1. The zero-order chi connectivity index (χ0) is 18.0. The molecule has 0 saturated heterocycles. The number of amides is 1. The first-order valence-electron chi connectivity index (χ1n) is 7.79. The third kappa shape index (κ3) is 3.65. The molecule has 0 bridgehead atoms. The summed E-state index contributed by atoms with van der Waals surface area (Å²) in [4.78, 5) is 15.9. The zero-order valence-corrected chi connectivity index (χ0v) is 13.5. The summed E-state index contributed by atoms with van der Waals surface area (Å²) in [5.41, 5.74) is 2.06. The first-order chi connectivity index (χ1) is 11.9. The lowest BCUT2D eigenvalue weighted by Crippen LogP contribution is -2.23. The van der Waals surface area contributed by atoms with Crippen molar-refractivity contribution in [1.82, 2.24) is 9.55 Å². The summed E-state index contributed by atoms with van der Waals surface area (Å²) < 4.78 is 40.6. The van der Waals surface area contributed by atoms with Gasteiger partial charge in [-0.25, -0.2) is 4.98 Å². The van der Waals surface area contributed by atoms with Crippen molar-refractivity contribution in [2.24, 2.45) is 0 Å². The van der Waals surface area contributed by atoms with Crippen LogP contribution < -0.4 is 5.32 Å². The summed E-state index contributed by atoms with van der Waals surface area (Å²) in [6.07, 6.45) is -3.84. The molecule has 0 aliphatic heterocycles. The number of carbonyl (C=O) groups excluding carboxylic acids is 1. The number of alkyl halides is 3. The van der Waals surface area contributed by atoms with E-state index >= 15 is 0 Å². The first kappa shape index (κ1) is 17.0. The number of carbonyl (C=O) groups is 1. The summed E-state index contributed by atoms with van der Waals surface area (Å²) in [6.45, 7) is 1.51. The summed E-state index contributed by atoms with van der Waals surface area (Å²) in [7, 11) is 0. The number of nitrogens with zero attached hydrogens (tertiary/aromatic N) is 2. The van der Waals surface area contributed by atoms with E-state index in [1.54, 1.807) is 30.3 Å². The second kappa shape index (κ2) is 6.58. The van der Waals surface area contributed by atoms with Crippen LogP contribution in [0.2, 0.25) is 0 Å². The van der Waals surface area contributed by atoms with Crippen molar-refractivity contribution in [2.45, 2.75) is 26.1 Å². The van der Waals surface area contributed by atoms with Gasteiger partial charge in [0.1, 0.15) is 6.54 Å². The number of anilines is 1. The predicted octanol–water partition coefficient (Wildman–Crippen LogP) is 4.26. The lowest BCUT2D eigenvalue weighted by atomic mass is 10.1. The number of aryl methyl sites for hydroxylation is 1. The summed E-state index contributed by atoms with van der Waals surface area (Å²) in [5.74, 6) is -1.62. The van der Waals surface area contributed by atoms with E-state index in [1.165, 1.54) is 12.1 Å². The maximum Gasteiger partial charge on any atom is 0.449 e. The lowest BCUT2D eigenvalue weighted by Gasteiger charge is -2.12. The van der Waals surface area contributed by atoms with Gasteiger partial charge in [0.2, 0.25) is 11.7 Å². The van der Waals surface area contributed by atoms with Gasteiger partial charge < -0.3 is 9.88 Å². The van der Waals surface area contributed by atoms with E-state index < -0.39 is 24.5 Å². The molecule has 3 rings (SSSR count). The maximum atomic E-state index is 13.2. The van der Waals surface area contributed by atoms with Crippen LogP contribution in [0.15, 0.2) is 48.5 Å². The highest BCUT2D eigenvalue weighted by atomic mass is 19.4. The van der Waals surface area contributed by atoms with Gasteiger partial charge in [-0.3, -0.25) is 4.79 Å². The van der Waals surface area contributed by atoms with Crippen molar-refractivity contribution in [2.75, 3.05) is 5.32 Å². The maximum absolute atomic E-state index is 13.2. The van der Waals surface area contributed by atoms with E-state index in [9.17, 15) is 18.0 Å². The molecule has 25 heavy (non-hydrogen) atoms. The second-order valence-electron chi connectivity index (χ2n) is 5.61. The predicted molar refractivity (Wildman–Crippen MR) is 89.2 cm³/mol. The molecule has 0 aliphatic carbocycles. The molecular formula is C18H16F3N3O. The smallest absolute Gasteiger partial charge is 0.325 e. The van der Waals surface area contributed by atoms with Crippen LogP contribution in [-0.2, 0) is 23.9 Å². The minimum atomic E-state index is -4.64. The highest BCUT2D eigenvalue weighted by Crippen LogP contribution is 2.31. The second-order valence-corrected chi connectivity index (χ2v) is 5.61. The molecule has 7 heteroatoms. The Morgan fingerprint density at radius 2 is 1.92 bits per heavy atom. The number of imidazole rings is 1. The zero-order valence-electron chi connectivity index (χ0n) is 13.5. The van der Waals surface area contributed by atoms with Gasteiger partial charge in [-0.15, -0.1) is 0 Å². The molecule has 0 radical (unpaired) electrons. The normalized spacial score (nSPS) is 11.7. The Labute approximate surface area is 142 Å². The van der Waals surface area contributed by atoms with Gasteiger partial charge in [0, 0.05) is 5.69 Å². The van der Waals surface area contributed by atoms with Gasteiger partial charge in [-0.05, 0) is 36.2 Å². The van der Waals surface area contributed by atoms with Crippen LogP contribution in [0.25, 0.3) is 11.0 Å². The third-order valence-corrected chi connectivity index (χ3v) is 3.83. The average molecular weight is 347 g/mol. The molecule has 1 heterocycles. The van der Waals surface area contributed by atoms with Crippen LogP contribution in [0, 0.1) is 0 Å². The molecule has 0 atom stereocenters. The van der Waals surface area contributed by atoms with Crippen LogP contribution in [0.4, 0.5) is 18.9 Å². The van der Waals surface area contributed by atoms with Crippen LogP contribution >= 0.6 is 0 Å². The lowest BCUT2D eigenvalue weighted by molar-refractivity contribution is -0.147. The molecule has 0 spiro atoms. The number of para-hydroxylation sites is 2. The molecule has 1 aromatic heterocycles. The number of nitrogens with one attached hydrogen (secondary N) is 1. The molecular weight excluding hydrogens is 331 g/mol. The third-order valence-electron chi connectivity index (χ3n) is 3.83. The van der Waals surface area contributed by atoms with E-state index in [2.05, 4.69) is 10.3 Å². The molecule has 1 amide bonds. The van der Waals surface area contributed by atoms with Crippen molar-refractivity contribution in [3.8, 4) is 0 Å². The largest absolute Gasteiger partial charge is 0.449 e. The van der Waals surface area contributed by atoms with Gasteiger partial charge in [0.05, 0.1) is 11.0 Å². The first-order valence-corrected chi connectivity index (χ1v) is 7.79.